The highest BCUT2D eigenvalue weighted by Crippen LogP contribution is 2.25. The average molecular weight is 222 g/mol. The minimum Gasteiger partial charge on any atom is -0.388 e. The summed E-state index contributed by atoms with van der Waals surface area (Å²) in [6.07, 6.45) is 1.98. The first kappa shape index (κ1) is 10.4. The van der Waals surface area contributed by atoms with E-state index in [-0.39, 0.29) is 0 Å². The van der Waals surface area contributed by atoms with Gasteiger partial charge in [0.1, 0.15) is 5.15 Å². The average Bonchev–Trinajstić information content (AvgIpc) is 2.28. The van der Waals surface area contributed by atoms with Crippen LogP contribution in [0.25, 0.3) is 10.8 Å². The molecule has 0 bridgehead atoms. The third kappa shape index (κ3) is 1.96. The molecule has 0 fully saturated rings. The molecule has 1 aromatic carbocycles. The number of aliphatic hydroxyl groups is 1. The zero-order valence-corrected chi connectivity index (χ0v) is 9.20. The number of aromatic nitrogens is 1. The number of rotatable bonds is 2. The Morgan fingerprint density at radius 2 is 2.20 bits per heavy atom. The molecule has 0 aliphatic rings. The summed E-state index contributed by atoms with van der Waals surface area (Å²) in [6.45, 7) is 1.95. The normalized spacial score (nSPS) is 13.0. The molecule has 3 heteroatoms. The first-order chi connectivity index (χ1) is 7.22. The van der Waals surface area contributed by atoms with E-state index in [1.165, 1.54) is 0 Å². The van der Waals surface area contributed by atoms with Crippen LogP contribution in [0.15, 0.2) is 30.5 Å². The molecule has 1 unspecified atom stereocenters. The van der Waals surface area contributed by atoms with Crippen molar-refractivity contribution >= 4 is 22.4 Å². The zero-order valence-electron chi connectivity index (χ0n) is 8.44. The van der Waals surface area contributed by atoms with Crippen LogP contribution < -0.4 is 0 Å². The van der Waals surface area contributed by atoms with Gasteiger partial charge in [0.05, 0.1) is 6.10 Å². The predicted octanol–water partition coefficient (Wildman–Crippen LogP) is 3.33. The minimum absolute atomic E-state index is 0.402. The quantitative estimate of drug-likeness (QED) is 0.790. The fraction of sp³-hybridized carbons (Fsp3) is 0.250. The number of aliphatic hydroxyl groups excluding tert-OH is 1. The lowest BCUT2D eigenvalue weighted by Gasteiger charge is -2.09. The van der Waals surface area contributed by atoms with Gasteiger partial charge in [-0.15, -0.1) is 0 Å². The maximum atomic E-state index is 9.71. The van der Waals surface area contributed by atoms with Crippen LogP contribution in [-0.4, -0.2) is 10.1 Å². The first-order valence-electron chi connectivity index (χ1n) is 4.94. The van der Waals surface area contributed by atoms with Gasteiger partial charge >= 0.3 is 0 Å². The number of pyridine rings is 1. The molecule has 1 N–H and O–H groups in total. The van der Waals surface area contributed by atoms with Crippen molar-refractivity contribution in [1.29, 1.82) is 0 Å². The van der Waals surface area contributed by atoms with Crippen LogP contribution in [0, 0.1) is 0 Å². The van der Waals surface area contributed by atoms with Crippen molar-refractivity contribution < 1.29 is 5.11 Å². The van der Waals surface area contributed by atoms with Crippen LogP contribution in [0.1, 0.15) is 25.0 Å². The maximum absolute atomic E-state index is 9.71. The van der Waals surface area contributed by atoms with Crippen molar-refractivity contribution in [2.24, 2.45) is 0 Å². The third-order valence-corrected chi connectivity index (χ3v) is 2.81. The Bertz CT molecular complexity index is 484. The number of hydrogen-bond acceptors (Lipinski definition) is 2. The van der Waals surface area contributed by atoms with Crippen molar-refractivity contribution in [3.8, 4) is 0 Å². The third-order valence-electron chi connectivity index (χ3n) is 2.51. The molecule has 0 spiro atoms. The number of halogens is 1. The van der Waals surface area contributed by atoms with E-state index in [0.29, 0.717) is 11.6 Å². The maximum Gasteiger partial charge on any atom is 0.136 e. The van der Waals surface area contributed by atoms with Gasteiger partial charge in [-0.3, -0.25) is 0 Å². The SMILES string of the molecule is CCC(O)c1ccc2c(Cl)nccc2c1. The number of fused-ring (bicyclic) bond motifs is 1. The standard InChI is InChI=1S/C12H12ClNO/c1-2-11(15)9-3-4-10-8(7-9)5-6-14-12(10)13/h3-7,11,15H,2H2,1H3. The zero-order chi connectivity index (χ0) is 10.8. The first-order valence-corrected chi connectivity index (χ1v) is 5.32. The number of benzene rings is 1. The Labute approximate surface area is 93.5 Å². The Morgan fingerprint density at radius 1 is 1.40 bits per heavy atom. The smallest absolute Gasteiger partial charge is 0.136 e. The monoisotopic (exact) mass is 221 g/mol. The fourth-order valence-electron chi connectivity index (χ4n) is 1.60. The van der Waals surface area contributed by atoms with Crippen LogP contribution in [0.3, 0.4) is 0 Å². The second-order valence-electron chi connectivity index (χ2n) is 3.51. The molecule has 15 heavy (non-hydrogen) atoms. The van der Waals surface area contributed by atoms with Gasteiger partial charge < -0.3 is 5.11 Å². The largest absolute Gasteiger partial charge is 0.388 e. The highest BCUT2D eigenvalue weighted by Gasteiger charge is 2.06. The summed E-state index contributed by atoms with van der Waals surface area (Å²) in [5, 5.41) is 12.2. The van der Waals surface area contributed by atoms with Crippen LogP contribution in [0.2, 0.25) is 5.15 Å². The van der Waals surface area contributed by atoms with Gasteiger partial charge in [0, 0.05) is 11.6 Å². The van der Waals surface area contributed by atoms with Gasteiger partial charge in [0.15, 0.2) is 0 Å². The highest BCUT2D eigenvalue weighted by molar-refractivity contribution is 6.34. The minimum atomic E-state index is -0.402. The van der Waals surface area contributed by atoms with Gasteiger partial charge in [0.25, 0.3) is 0 Å². The van der Waals surface area contributed by atoms with Gasteiger partial charge in [-0.1, -0.05) is 30.7 Å². The lowest BCUT2D eigenvalue weighted by molar-refractivity contribution is 0.174. The van der Waals surface area contributed by atoms with Crippen LogP contribution >= 0.6 is 11.6 Å². The molecular weight excluding hydrogens is 210 g/mol. The van der Waals surface area contributed by atoms with E-state index in [1.54, 1.807) is 6.20 Å². The molecule has 1 atom stereocenters. The van der Waals surface area contributed by atoms with Crippen molar-refractivity contribution in [2.75, 3.05) is 0 Å². The Hall–Kier alpha value is -1.12. The summed E-state index contributed by atoms with van der Waals surface area (Å²) >= 11 is 5.95. The van der Waals surface area contributed by atoms with E-state index >= 15 is 0 Å². The van der Waals surface area contributed by atoms with Gasteiger partial charge in [-0.2, -0.15) is 0 Å². The lowest BCUT2D eigenvalue weighted by Crippen LogP contribution is -1.94. The Morgan fingerprint density at radius 3 is 2.93 bits per heavy atom. The summed E-state index contributed by atoms with van der Waals surface area (Å²) < 4.78 is 0. The predicted molar refractivity (Wildman–Crippen MR) is 62.0 cm³/mol. The van der Waals surface area contributed by atoms with Crippen LogP contribution in [0.5, 0.6) is 0 Å². The van der Waals surface area contributed by atoms with E-state index in [0.717, 1.165) is 16.3 Å². The van der Waals surface area contributed by atoms with E-state index in [4.69, 9.17) is 11.6 Å². The van der Waals surface area contributed by atoms with E-state index < -0.39 is 6.10 Å². The molecule has 0 aliphatic heterocycles. The molecule has 0 aliphatic carbocycles. The van der Waals surface area contributed by atoms with Crippen molar-refractivity contribution in [2.45, 2.75) is 19.4 Å². The number of hydrogen-bond donors (Lipinski definition) is 1. The molecule has 2 aromatic rings. The molecule has 1 aromatic heterocycles. The lowest BCUT2D eigenvalue weighted by atomic mass is 10.0. The summed E-state index contributed by atoms with van der Waals surface area (Å²) in [4.78, 5) is 4.00. The molecule has 78 valence electrons. The summed E-state index contributed by atoms with van der Waals surface area (Å²) in [5.74, 6) is 0. The molecule has 2 rings (SSSR count). The highest BCUT2D eigenvalue weighted by atomic mass is 35.5. The van der Waals surface area contributed by atoms with E-state index in [1.807, 2.05) is 31.2 Å². The summed E-state index contributed by atoms with van der Waals surface area (Å²) in [6, 6.07) is 7.65. The van der Waals surface area contributed by atoms with Crippen LogP contribution in [-0.2, 0) is 0 Å². The summed E-state index contributed by atoms with van der Waals surface area (Å²) in [7, 11) is 0. The molecule has 0 amide bonds. The summed E-state index contributed by atoms with van der Waals surface area (Å²) in [5.41, 5.74) is 0.923. The molecular formula is C12H12ClNO. The second-order valence-corrected chi connectivity index (χ2v) is 3.86. The molecule has 2 nitrogen and oxygen atoms in total. The van der Waals surface area contributed by atoms with E-state index in [9.17, 15) is 5.11 Å². The van der Waals surface area contributed by atoms with Crippen molar-refractivity contribution in [3.63, 3.8) is 0 Å². The molecule has 0 saturated heterocycles. The van der Waals surface area contributed by atoms with Crippen LogP contribution in [0.4, 0.5) is 0 Å². The molecule has 0 saturated carbocycles. The van der Waals surface area contributed by atoms with E-state index in [2.05, 4.69) is 4.98 Å². The Balaban J connectivity index is 2.57. The Kier molecular flexibility index (Phi) is 2.89. The second kappa shape index (κ2) is 4.17. The van der Waals surface area contributed by atoms with Gasteiger partial charge in [0.2, 0.25) is 0 Å². The van der Waals surface area contributed by atoms with Gasteiger partial charge in [-0.25, -0.2) is 4.98 Å². The van der Waals surface area contributed by atoms with Gasteiger partial charge in [-0.05, 0) is 29.5 Å². The number of nitrogens with zero attached hydrogens (tertiary/aromatic N) is 1. The molecule has 0 radical (unpaired) electrons. The fourth-order valence-corrected chi connectivity index (χ4v) is 1.83. The van der Waals surface area contributed by atoms with Crippen molar-refractivity contribution in [3.05, 3.63) is 41.2 Å². The topological polar surface area (TPSA) is 33.1 Å². The molecule has 1 heterocycles. The van der Waals surface area contributed by atoms with Crippen molar-refractivity contribution in [1.82, 2.24) is 4.98 Å².